The lowest BCUT2D eigenvalue weighted by atomic mass is 9.99. The fourth-order valence-corrected chi connectivity index (χ4v) is 4.57. The molecule has 2 aromatic rings. The number of thiophene rings is 1. The van der Waals surface area contributed by atoms with E-state index in [9.17, 15) is 14.7 Å². The first-order valence-corrected chi connectivity index (χ1v) is 11.0. The van der Waals surface area contributed by atoms with Crippen LogP contribution in [0.15, 0.2) is 47.4 Å². The monoisotopic (exact) mass is 412 g/mol. The molecule has 1 aliphatic rings. The van der Waals surface area contributed by atoms with Gasteiger partial charge in [0.15, 0.2) is 0 Å². The number of ketones is 1. The van der Waals surface area contributed by atoms with Crippen molar-refractivity contribution in [1.29, 1.82) is 0 Å². The average Bonchev–Trinajstić information content (AvgIpc) is 3.33. The fourth-order valence-electron chi connectivity index (χ4n) is 3.72. The zero-order valence-corrected chi connectivity index (χ0v) is 18.0. The number of carbonyl (C=O) groups excluding carboxylic acids is 2. The van der Waals surface area contributed by atoms with Gasteiger partial charge in [0.2, 0.25) is 0 Å². The highest BCUT2D eigenvalue weighted by Gasteiger charge is 2.46. The van der Waals surface area contributed by atoms with E-state index in [1.807, 2.05) is 36.6 Å². The number of rotatable bonds is 8. The summed E-state index contributed by atoms with van der Waals surface area (Å²) in [5, 5.41) is 12.9. The van der Waals surface area contributed by atoms with E-state index in [4.69, 9.17) is 0 Å². The van der Waals surface area contributed by atoms with Gasteiger partial charge < -0.3 is 14.9 Å². The van der Waals surface area contributed by atoms with Crippen LogP contribution in [0, 0.1) is 6.92 Å². The Morgan fingerprint density at radius 3 is 2.41 bits per heavy atom. The third-order valence-electron chi connectivity index (χ3n) is 5.45. The number of aliphatic hydroxyl groups excluding tert-OH is 1. The summed E-state index contributed by atoms with van der Waals surface area (Å²) in [6, 6.07) is 10.6. The number of amides is 1. The van der Waals surface area contributed by atoms with Gasteiger partial charge in [-0.05, 0) is 44.4 Å². The summed E-state index contributed by atoms with van der Waals surface area (Å²) in [5.74, 6) is -1.24. The zero-order chi connectivity index (χ0) is 21.0. The Morgan fingerprint density at radius 2 is 1.83 bits per heavy atom. The second-order valence-corrected chi connectivity index (χ2v) is 8.23. The molecule has 0 spiro atoms. The topological polar surface area (TPSA) is 60.9 Å². The molecule has 6 heteroatoms. The molecule has 0 aliphatic carbocycles. The minimum absolute atomic E-state index is 0.104. The van der Waals surface area contributed by atoms with E-state index in [1.54, 1.807) is 17.0 Å². The van der Waals surface area contributed by atoms with Crippen LogP contribution < -0.4 is 0 Å². The van der Waals surface area contributed by atoms with Crippen molar-refractivity contribution in [2.75, 3.05) is 26.2 Å². The summed E-state index contributed by atoms with van der Waals surface area (Å²) in [4.78, 5) is 30.6. The van der Waals surface area contributed by atoms with Crippen LogP contribution in [0.25, 0.3) is 5.76 Å². The van der Waals surface area contributed by atoms with Gasteiger partial charge in [0.05, 0.1) is 11.6 Å². The van der Waals surface area contributed by atoms with Gasteiger partial charge >= 0.3 is 0 Å². The van der Waals surface area contributed by atoms with E-state index in [0.29, 0.717) is 12.1 Å². The smallest absolute Gasteiger partial charge is 0.295 e. The molecule has 3 rings (SSSR count). The summed E-state index contributed by atoms with van der Waals surface area (Å²) in [7, 11) is 0. The maximum Gasteiger partial charge on any atom is 0.295 e. The van der Waals surface area contributed by atoms with E-state index in [1.165, 1.54) is 11.3 Å². The van der Waals surface area contributed by atoms with Gasteiger partial charge in [-0.2, -0.15) is 0 Å². The number of nitrogens with zero attached hydrogens (tertiary/aromatic N) is 2. The molecule has 1 aromatic carbocycles. The second kappa shape index (κ2) is 9.37. The van der Waals surface area contributed by atoms with Gasteiger partial charge in [0.1, 0.15) is 5.76 Å². The normalized spacial score (nSPS) is 18.8. The lowest BCUT2D eigenvalue weighted by molar-refractivity contribution is -0.139. The molecule has 2 heterocycles. The summed E-state index contributed by atoms with van der Waals surface area (Å²) in [5.41, 5.74) is 1.80. The molecule has 1 atom stereocenters. The van der Waals surface area contributed by atoms with Gasteiger partial charge in [-0.15, -0.1) is 11.3 Å². The van der Waals surface area contributed by atoms with Gasteiger partial charge in [0.25, 0.3) is 11.7 Å². The maximum atomic E-state index is 12.9. The molecule has 1 N–H and O–H groups in total. The lowest BCUT2D eigenvalue weighted by Gasteiger charge is -2.25. The van der Waals surface area contributed by atoms with Crippen LogP contribution in [0.5, 0.6) is 0 Å². The van der Waals surface area contributed by atoms with E-state index in [0.717, 1.165) is 36.5 Å². The van der Waals surface area contributed by atoms with E-state index in [-0.39, 0.29) is 11.3 Å². The number of aliphatic hydroxyl groups is 1. The molecule has 0 saturated carbocycles. The standard InChI is InChI=1S/C23H28N2O3S/c1-4-24(5-2)13-7-14-25-20(18-8-6-15-29-18)19(22(27)23(25)28)21(26)17-11-9-16(3)10-12-17/h6,8-12,15,20,26H,4-5,7,13-14H2,1-3H3/b21-19+/t20-/m0/s1. The van der Waals surface area contributed by atoms with Crippen molar-refractivity contribution in [2.24, 2.45) is 0 Å². The molecule has 1 fully saturated rings. The highest BCUT2D eigenvalue weighted by Crippen LogP contribution is 2.41. The van der Waals surface area contributed by atoms with Gasteiger partial charge in [-0.1, -0.05) is 49.7 Å². The number of benzene rings is 1. The number of carbonyl (C=O) groups is 2. The molecule has 5 nitrogen and oxygen atoms in total. The van der Waals surface area contributed by atoms with Crippen molar-refractivity contribution in [3.63, 3.8) is 0 Å². The number of aryl methyl sites for hydroxylation is 1. The van der Waals surface area contributed by atoms with Crippen molar-refractivity contribution in [3.8, 4) is 0 Å². The van der Waals surface area contributed by atoms with Crippen molar-refractivity contribution < 1.29 is 14.7 Å². The van der Waals surface area contributed by atoms with E-state index in [2.05, 4.69) is 18.7 Å². The third-order valence-corrected chi connectivity index (χ3v) is 6.37. The van der Waals surface area contributed by atoms with Crippen molar-refractivity contribution in [2.45, 2.75) is 33.2 Å². The Hall–Kier alpha value is -2.44. The molecular formula is C23H28N2O3S. The molecule has 154 valence electrons. The van der Waals surface area contributed by atoms with E-state index < -0.39 is 17.7 Å². The predicted molar refractivity (Wildman–Crippen MR) is 117 cm³/mol. The second-order valence-electron chi connectivity index (χ2n) is 7.25. The first-order chi connectivity index (χ1) is 14.0. The Labute approximate surface area is 176 Å². The van der Waals surface area contributed by atoms with Crippen molar-refractivity contribution in [3.05, 3.63) is 63.4 Å². The van der Waals surface area contributed by atoms with Gasteiger partial charge in [-0.25, -0.2) is 0 Å². The summed E-state index contributed by atoms with van der Waals surface area (Å²) in [6.07, 6.45) is 0.779. The number of Topliss-reactive ketones (excluding diaryl/α,β-unsaturated/α-hetero) is 1. The number of hydrogen-bond acceptors (Lipinski definition) is 5. The Kier molecular flexibility index (Phi) is 6.87. The molecule has 1 saturated heterocycles. The molecule has 0 bridgehead atoms. The molecule has 1 amide bonds. The van der Waals surface area contributed by atoms with Crippen LogP contribution in [0.3, 0.4) is 0 Å². The maximum absolute atomic E-state index is 12.9. The average molecular weight is 413 g/mol. The summed E-state index contributed by atoms with van der Waals surface area (Å²) < 4.78 is 0. The molecule has 29 heavy (non-hydrogen) atoms. The zero-order valence-electron chi connectivity index (χ0n) is 17.2. The quantitative estimate of drug-likeness (QED) is 0.401. The van der Waals surface area contributed by atoms with Crippen LogP contribution in [-0.2, 0) is 9.59 Å². The van der Waals surface area contributed by atoms with Gasteiger partial charge in [0, 0.05) is 17.0 Å². The predicted octanol–water partition coefficient (Wildman–Crippen LogP) is 4.21. The van der Waals surface area contributed by atoms with Crippen LogP contribution in [0.4, 0.5) is 0 Å². The summed E-state index contributed by atoms with van der Waals surface area (Å²) in [6.45, 7) is 9.45. The molecule has 1 aromatic heterocycles. The summed E-state index contributed by atoms with van der Waals surface area (Å²) >= 11 is 1.49. The SMILES string of the molecule is CCN(CC)CCCN1C(=O)C(=O)/C(=C(/O)c2ccc(C)cc2)[C@@H]1c1cccs1. The number of hydrogen-bond donors (Lipinski definition) is 1. The van der Waals surface area contributed by atoms with E-state index >= 15 is 0 Å². The van der Waals surface area contributed by atoms with Crippen LogP contribution >= 0.6 is 11.3 Å². The molecule has 0 radical (unpaired) electrons. The minimum atomic E-state index is -0.607. The Morgan fingerprint density at radius 1 is 1.14 bits per heavy atom. The first kappa shape index (κ1) is 21.3. The highest BCUT2D eigenvalue weighted by molar-refractivity contribution is 7.10. The Bertz CT molecular complexity index is 883. The fraction of sp³-hybridized carbons (Fsp3) is 0.391. The molecular weight excluding hydrogens is 384 g/mol. The minimum Gasteiger partial charge on any atom is -0.507 e. The Balaban J connectivity index is 1.95. The lowest BCUT2D eigenvalue weighted by Crippen LogP contribution is -2.33. The van der Waals surface area contributed by atoms with Crippen LogP contribution in [0.1, 0.15) is 42.3 Å². The largest absolute Gasteiger partial charge is 0.507 e. The van der Waals surface area contributed by atoms with Crippen LogP contribution in [-0.4, -0.2) is 52.8 Å². The molecule has 1 aliphatic heterocycles. The van der Waals surface area contributed by atoms with Crippen molar-refractivity contribution in [1.82, 2.24) is 9.80 Å². The third kappa shape index (κ3) is 4.43. The van der Waals surface area contributed by atoms with Gasteiger partial charge in [-0.3, -0.25) is 9.59 Å². The van der Waals surface area contributed by atoms with Crippen LogP contribution in [0.2, 0.25) is 0 Å². The number of likely N-dealkylation sites (tertiary alicyclic amines) is 1. The van der Waals surface area contributed by atoms with Crippen molar-refractivity contribution >= 4 is 28.8 Å². The highest BCUT2D eigenvalue weighted by atomic mass is 32.1. The molecule has 0 unspecified atom stereocenters. The first-order valence-electron chi connectivity index (χ1n) is 10.1.